The number of rotatable bonds is 4. The van der Waals surface area contributed by atoms with Gasteiger partial charge in [-0.3, -0.25) is 14.3 Å². The number of hydrogen-bond donors (Lipinski definition) is 1. The van der Waals surface area contributed by atoms with Crippen LogP contribution in [0.4, 0.5) is 4.39 Å². The van der Waals surface area contributed by atoms with Gasteiger partial charge in [0.2, 0.25) is 0 Å². The van der Waals surface area contributed by atoms with Crippen molar-refractivity contribution in [2.45, 2.75) is 43.9 Å². The Morgan fingerprint density at radius 3 is 2.81 bits per heavy atom. The second-order valence-corrected chi connectivity index (χ2v) is 7.28. The first-order valence-corrected chi connectivity index (χ1v) is 9.30. The summed E-state index contributed by atoms with van der Waals surface area (Å²) in [5.74, 6) is 1.40. The van der Waals surface area contributed by atoms with Crippen LogP contribution in [0, 0.1) is 5.92 Å². The monoisotopic (exact) mass is 358 g/mol. The number of aromatic nitrogens is 5. The molecule has 7 nitrogen and oxygen atoms in total. The third kappa shape index (κ3) is 3.32. The van der Waals surface area contributed by atoms with E-state index in [0.29, 0.717) is 30.4 Å². The Bertz CT molecular complexity index is 745. The summed E-state index contributed by atoms with van der Waals surface area (Å²) in [6.45, 7) is 0.333. The Hall–Kier alpha value is -2.38. The Balaban J connectivity index is 1.49. The number of amides is 1. The van der Waals surface area contributed by atoms with E-state index in [2.05, 4.69) is 25.4 Å². The summed E-state index contributed by atoms with van der Waals surface area (Å²) in [6.07, 6.45) is 8.88. The number of likely N-dealkylation sites (tertiary alicyclic amines) is 1. The Kier molecular flexibility index (Phi) is 4.90. The summed E-state index contributed by atoms with van der Waals surface area (Å²) in [4.78, 5) is 19.0. The maximum absolute atomic E-state index is 13.6. The van der Waals surface area contributed by atoms with Crippen molar-refractivity contribution in [1.29, 1.82) is 0 Å². The van der Waals surface area contributed by atoms with E-state index < -0.39 is 6.67 Å². The zero-order chi connectivity index (χ0) is 17.9. The topological polar surface area (TPSA) is 87.7 Å². The fraction of sp³-hybridized carbons (Fsp3) is 0.611. The van der Waals surface area contributed by atoms with Crippen LogP contribution in [0.25, 0.3) is 0 Å². The van der Waals surface area contributed by atoms with Gasteiger partial charge in [0.25, 0.3) is 5.91 Å². The molecule has 1 aliphatic heterocycles. The number of alkyl halides is 1. The normalized spacial score (nSPS) is 24.1. The zero-order valence-corrected chi connectivity index (χ0v) is 14.6. The van der Waals surface area contributed by atoms with Crippen LogP contribution in [-0.2, 0) is 0 Å². The molecular weight excluding hydrogens is 335 g/mol. The molecule has 2 aliphatic rings. The highest BCUT2D eigenvalue weighted by Gasteiger charge is 2.38. The molecule has 1 aliphatic carbocycles. The summed E-state index contributed by atoms with van der Waals surface area (Å²) in [7, 11) is 0. The van der Waals surface area contributed by atoms with Crippen molar-refractivity contribution in [3.63, 3.8) is 0 Å². The van der Waals surface area contributed by atoms with Crippen LogP contribution in [0.1, 0.15) is 65.9 Å². The number of carbonyl (C=O) groups is 1. The fourth-order valence-electron chi connectivity index (χ4n) is 4.10. The van der Waals surface area contributed by atoms with Gasteiger partial charge in [-0.25, -0.2) is 4.98 Å². The minimum Gasteiger partial charge on any atom is -0.337 e. The molecular formula is C18H23FN6O. The predicted octanol–water partition coefficient (Wildman–Crippen LogP) is 2.47. The Morgan fingerprint density at radius 2 is 2.08 bits per heavy atom. The van der Waals surface area contributed by atoms with Crippen LogP contribution in [0.15, 0.2) is 18.5 Å². The minimum absolute atomic E-state index is 0.145. The lowest BCUT2D eigenvalue weighted by Crippen LogP contribution is -2.29. The number of halogens is 1. The van der Waals surface area contributed by atoms with Crippen LogP contribution in [-0.4, -0.2) is 55.9 Å². The number of nitrogens with zero attached hydrogens (tertiary/aromatic N) is 5. The van der Waals surface area contributed by atoms with Gasteiger partial charge in [0, 0.05) is 30.8 Å². The smallest absolute Gasteiger partial charge is 0.255 e. The molecule has 2 atom stereocenters. The predicted molar refractivity (Wildman–Crippen MR) is 92.4 cm³/mol. The van der Waals surface area contributed by atoms with Crippen molar-refractivity contribution in [3.8, 4) is 0 Å². The van der Waals surface area contributed by atoms with Gasteiger partial charge in [-0.15, -0.1) is 0 Å². The third-order valence-electron chi connectivity index (χ3n) is 5.60. The van der Waals surface area contributed by atoms with E-state index in [-0.39, 0.29) is 17.7 Å². The molecule has 0 bridgehead atoms. The quantitative estimate of drug-likeness (QED) is 0.907. The SMILES string of the molecule is O=C(c1ccnnc1)N1CC(CF)C(c2nc(C3CCCCC3)n[nH]2)C1. The molecule has 26 heavy (non-hydrogen) atoms. The van der Waals surface area contributed by atoms with Crippen LogP contribution in [0.3, 0.4) is 0 Å². The zero-order valence-electron chi connectivity index (χ0n) is 14.6. The molecule has 4 rings (SSSR count). The molecule has 2 aromatic heterocycles. The molecule has 2 unspecified atom stereocenters. The summed E-state index contributed by atoms with van der Waals surface area (Å²) >= 11 is 0. The van der Waals surface area contributed by atoms with E-state index in [1.807, 2.05) is 0 Å². The Morgan fingerprint density at radius 1 is 1.23 bits per heavy atom. The van der Waals surface area contributed by atoms with Gasteiger partial charge in [-0.2, -0.15) is 15.3 Å². The van der Waals surface area contributed by atoms with Crippen LogP contribution in [0.2, 0.25) is 0 Å². The van der Waals surface area contributed by atoms with Gasteiger partial charge >= 0.3 is 0 Å². The van der Waals surface area contributed by atoms with Crippen molar-refractivity contribution in [1.82, 2.24) is 30.3 Å². The number of aromatic amines is 1. The first kappa shape index (κ1) is 17.1. The largest absolute Gasteiger partial charge is 0.337 e. The van der Waals surface area contributed by atoms with E-state index in [1.54, 1.807) is 11.0 Å². The fourth-order valence-corrected chi connectivity index (χ4v) is 4.10. The highest BCUT2D eigenvalue weighted by molar-refractivity contribution is 5.94. The molecule has 1 amide bonds. The molecule has 0 radical (unpaired) electrons. The molecule has 0 aromatic carbocycles. The summed E-state index contributed by atoms with van der Waals surface area (Å²) in [5, 5.41) is 14.9. The van der Waals surface area contributed by atoms with Crippen molar-refractivity contribution in [2.75, 3.05) is 19.8 Å². The molecule has 2 aromatic rings. The molecule has 1 N–H and O–H groups in total. The average Bonchev–Trinajstić information content (AvgIpc) is 3.35. The molecule has 3 heterocycles. The van der Waals surface area contributed by atoms with E-state index in [4.69, 9.17) is 0 Å². The lowest BCUT2D eigenvalue weighted by molar-refractivity contribution is 0.0784. The number of nitrogens with one attached hydrogen (secondary N) is 1. The van der Waals surface area contributed by atoms with E-state index in [0.717, 1.165) is 18.7 Å². The van der Waals surface area contributed by atoms with Gasteiger partial charge in [-0.05, 0) is 18.9 Å². The maximum Gasteiger partial charge on any atom is 0.255 e. The van der Waals surface area contributed by atoms with Crippen molar-refractivity contribution < 1.29 is 9.18 Å². The maximum atomic E-state index is 13.6. The van der Waals surface area contributed by atoms with Gasteiger partial charge < -0.3 is 4.90 Å². The summed E-state index contributed by atoms with van der Waals surface area (Å²) < 4.78 is 13.6. The number of carbonyl (C=O) groups excluding carboxylic acids is 1. The lowest BCUT2D eigenvalue weighted by Gasteiger charge is -2.18. The lowest BCUT2D eigenvalue weighted by atomic mass is 9.89. The molecule has 2 fully saturated rings. The van der Waals surface area contributed by atoms with E-state index >= 15 is 0 Å². The van der Waals surface area contributed by atoms with Crippen LogP contribution < -0.4 is 0 Å². The summed E-state index contributed by atoms with van der Waals surface area (Å²) in [5.41, 5.74) is 0.471. The molecule has 8 heteroatoms. The molecule has 138 valence electrons. The number of hydrogen-bond acceptors (Lipinski definition) is 5. The van der Waals surface area contributed by atoms with Gasteiger partial charge in [0.05, 0.1) is 24.6 Å². The van der Waals surface area contributed by atoms with Crippen molar-refractivity contribution in [2.24, 2.45) is 5.92 Å². The highest BCUT2D eigenvalue weighted by Crippen LogP contribution is 2.34. The van der Waals surface area contributed by atoms with E-state index in [1.165, 1.54) is 31.7 Å². The third-order valence-corrected chi connectivity index (χ3v) is 5.60. The average molecular weight is 358 g/mol. The van der Waals surface area contributed by atoms with Gasteiger partial charge in [0.15, 0.2) is 5.82 Å². The minimum atomic E-state index is -0.484. The molecule has 1 saturated heterocycles. The standard InChI is InChI=1S/C18H23FN6O/c19-8-14-10-25(18(26)13-6-7-20-21-9-13)11-15(14)17-22-16(23-24-17)12-4-2-1-3-5-12/h6-7,9,12,14-15H,1-5,8,10-11H2,(H,22,23,24). The molecule has 0 spiro atoms. The van der Waals surface area contributed by atoms with Gasteiger partial charge in [-0.1, -0.05) is 19.3 Å². The second-order valence-electron chi connectivity index (χ2n) is 7.28. The number of H-pyrrole nitrogens is 1. The first-order valence-electron chi connectivity index (χ1n) is 9.30. The van der Waals surface area contributed by atoms with Crippen molar-refractivity contribution >= 4 is 5.91 Å². The van der Waals surface area contributed by atoms with Crippen LogP contribution >= 0.6 is 0 Å². The summed E-state index contributed by atoms with van der Waals surface area (Å²) in [6, 6.07) is 1.63. The van der Waals surface area contributed by atoms with Gasteiger partial charge in [0.1, 0.15) is 5.82 Å². The first-order chi connectivity index (χ1) is 12.8. The molecule has 1 saturated carbocycles. The van der Waals surface area contributed by atoms with E-state index in [9.17, 15) is 9.18 Å². The highest BCUT2D eigenvalue weighted by atomic mass is 19.1. The second kappa shape index (κ2) is 7.47. The van der Waals surface area contributed by atoms with Crippen LogP contribution in [0.5, 0.6) is 0 Å². The Labute approximate surface area is 151 Å². The van der Waals surface area contributed by atoms with Crippen molar-refractivity contribution in [3.05, 3.63) is 35.7 Å².